The highest BCUT2D eigenvalue weighted by Crippen LogP contribution is 2.27. The van der Waals surface area contributed by atoms with Crippen LogP contribution in [0.3, 0.4) is 0 Å². The first-order valence-electron chi connectivity index (χ1n) is 5.66. The van der Waals surface area contributed by atoms with Crippen molar-refractivity contribution >= 4 is 11.6 Å². The molecule has 100 valence electrons. The van der Waals surface area contributed by atoms with Crippen molar-refractivity contribution in [1.82, 2.24) is 4.98 Å². The minimum absolute atomic E-state index is 0.00113. The molecule has 2 rings (SSSR count). The third-order valence-corrected chi connectivity index (χ3v) is 3.11. The van der Waals surface area contributed by atoms with Gasteiger partial charge in [0.1, 0.15) is 11.6 Å². The lowest BCUT2D eigenvalue weighted by molar-refractivity contribution is 0.0560. The molecule has 1 heterocycles. The van der Waals surface area contributed by atoms with Gasteiger partial charge in [0.05, 0.1) is 11.8 Å². The van der Waals surface area contributed by atoms with Crippen molar-refractivity contribution in [3.8, 4) is 0 Å². The summed E-state index contributed by atoms with van der Waals surface area (Å²) in [5, 5.41) is 10.6. The molecule has 0 saturated heterocycles. The summed E-state index contributed by atoms with van der Waals surface area (Å²) in [4.78, 5) is 3.68. The van der Waals surface area contributed by atoms with E-state index in [2.05, 4.69) is 4.98 Å². The lowest BCUT2D eigenvalue weighted by Crippen LogP contribution is -2.25. The molecule has 0 fully saturated rings. The maximum atomic E-state index is 13.7. The number of hydrogen-bond donors (Lipinski definition) is 1. The molecule has 1 atom stereocenters. The monoisotopic (exact) mass is 283 g/mol. The minimum atomic E-state index is -1.41. The van der Waals surface area contributed by atoms with Gasteiger partial charge in [0, 0.05) is 23.2 Å². The largest absolute Gasteiger partial charge is 0.385 e. The van der Waals surface area contributed by atoms with E-state index in [0.717, 1.165) is 6.20 Å². The Kier molecular flexibility index (Phi) is 3.83. The fourth-order valence-electron chi connectivity index (χ4n) is 1.84. The van der Waals surface area contributed by atoms with Crippen molar-refractivity contribution in [3.63, 3.8) is 0 Å². The van der Waals surface area contributed by atoms with Crippen LogP contribution in [0.1, 0.15) is 18.1 Å². The van der Waals surface area contributed by atoms with Crippen molar-refractivity contribution in [2.75, 3.05) is 0 Å². The fraction of sp³-hybridized carbons (Fsp3) is 0.214. The maximum absolute atomic E-state index is 13.7. The van der Waals surface area contributed by atoms with E-state index in [4.69, 9.17) is 11.6 Å². The molecule has 0 bridgehead atoms. The fourth-order valence-corrected chi connectivity index (χ4v) is 2.00. The molecule has 0 amide bonds. The molecule has 1 aromatic heterocycles. The van der Waals surface area contributed by atoms with Gasteiger partial charge in [-0.05, 0) is 30.7 Å². The van der Waals surface area contributed by atoms with Gasteiger partial charge in [-0.25, -0.2) is 8.78 Å². The van der Waals surface area contributed by atoms with Crippen LogP contribution in [0.2, 0.25) is 5.02 Å². The topological polar surface area (TPSA) is 33.1 Å². The zero-order valence-electron chi connectivity index (χ0n) is 10.2. The van der Waals surface area contributed by atoms with Crippen LogP contribution in [0.4, 0.5) is 8.78 Å². The minimum Gasteiger partial charge on any atom is -0.385 e. The Balaban J connectivity index is 2.30. The summed E-state index contributed by atoms with van der Waals surface area (Å²) in [5.41, 5.74) is -0.815. The third kappa shape index (κ3) is 3.28. The molecule has 0 radical (unpaired) electrons. The molecule has 1 unspecified atom stereocenters. The number of hydrogen-bond acceptors (Lipinski definition) is 2. The van der Waals surface area contributed by atoms with Crippen molar-refractivity contribution in [1.29, 1.82) is 0 Å². The second-order valence-corrected chi connectivity index (χ2v) is 5.01. The smallest absolute Gasteiger partial charge is 0.141 e. The van der Waals surface area contributed by atoms with Gasteiger partial charge >= 0.3 is 0 Å². The lowest BCUT2D eigenvalue weighted by atomic mass is 9.90. The highest BCUT2D eigenvalue weighted by Gasteiger charge is 2.26. The number of benzene rings is 1. The standard InChI is InChI=1S/C14H12ClF2NO/c1-14(19,10-4-12(16)8-18-7-10)6-9-2-3-11(15)5-13(9)17/h2-5,7-8,19H,6H2,1H3. The summed E-state index contributed by atoms with van der Waals surface area (Å²) in [6.07, 6.45) is 2.40. The number of aromatic nitrogens is 1. The van der Waals surface area contributed by atoms with E-state index >= 15 is 0 Å². The van der Waals surface area contributed by atoms with Crippen molar-refractivity contribution < 1.29 is 13.9 Å². The molecular formula is C14H12ClF2NO. The Morgan fingerprint density at radius 3 is 2.63 bits per heavy atom. The van der Waals surface area contributed by atoms with E-state index in [-0.39, 0.29) is 11.4 Å². The van der Waals surface area contributed by atoms with E-state index in [1.807, 2.05) is 0 Å². The molecule has 2 nitrogen and oxygen atoms in total. The van der Waals surface area contributed by atoms with Gasteiger partial charge in [-0.2, -0.15) is 0 Å². The Labute approximate surface area is 114 Å². The number of halogens is 3. The number of pyridine rings is 1. The van der Waals surface area contributed by atoms with Gasteiger partial charge < -0.3 is 5.11 Å². The van der Waals surface area contributed by atoms with Crippen molar-refractivity contribution in [3.05, 3.63) is 64.4 Å². The van der Waals surface area contributed by atoms with Gasteiger partial charge in [-0.15, -0.1) is 0 Å². The summed E-state index contributed by atoms with van der Waals surface area (Å²) in [6, 6.07) is 5.40. The molecule has 2 aromatic rings. The van der Waals surface area contributed by atoms with E-state index in [1.54, 1.807) is 6.07 Å². The molecule has 0 aliphatic rings. The first kappa shape index (κ1) is 13.9. The van der Waals surface area contributed by atoms with Gasteiger partial charge in [-0.3, -0.25) is 4.98 Å². The van der Waals surface area contributed by atoms with Crippen LogP contribution < -0.4 is 0 Å². The molecular weight excluding hydrogens is 272 g/mol. The van der Waals surface area contributed by atoms with Crippen LogP contribution in [0.5, 0.6) is 0 Å². The predicted octanol–water partition coefficient (Wildman–Crippen LogP) is 3.46. The Morgan fingerprint density at radius 2 is 2.00 bits per heavy atom. The predicted molar refractivity (Wildman–Crippen MR) is 68.9 cm³/mol. The molecule has 0 aliphatic heterocycles. The quantitative estimate of drug-likeness (QED) is 0.936. The molecule has 0 aliphatic carbocycles. The number of nitrogens with zero attached hydrogens (tertiary/aromatic N) is 1. The average Bonchev–Trinajstić information content (AvgIpc) is 2.33. The SMILES string of the molecule is CC(O)(Cc1ccc(Cl)cc1F)c1cncc(F)c1. The Bertz CT molecular complexity index is 602. The third-order valence-electron chi connectivity index (χ3n) is 2.88. The van der Waals surface area contributed by atoms with Gasteiger partial charge in [0.2, 0.25) is 0 Å². The summed E-state index contributed by atoms with van der Waals surface area (Å²) < 4.78 is 26.8. The number of aliphatic hydroxyl groups is 1. The second-order valence-electron chi connectivity index (χ2n) is 4.58. The second kappa shape index (κ2) is 5.23. The first-order chi connectivity index (χ1) is 8.88. The first-order valence-corrected chi connectivity index (χ1v) is 6.03. The number of rotatable bonds is 3. The molecule has 0 spiro atoms. The van der Waals surface area contributed by atoms with Crippen LogP contribution in [0, 0.1) is 11.6 Å². The van der Waals surface area contributed by atoms with Crippen LogP contribution in [-0.2, 0) is 12.0 Å². The summed E-state index contributed by atoms with van der Waals surface area (Å²) in [7, 11) is 0. The normalized spacial score (nSPS) is 14.2. The van der Waals surface area contributed by atoms with Crippen LogP contribution in [0.25, 0.3) is 0 Å². The van der Waals surface area contributed by atoms with Gasteiger partial charge in [-0.1, -0.05) is 17.7 Å². The van der Waals surface area contributed by atoms with Crippen molar-refractivity contribution in [2.24, 2.45) is 0 Å². The van der Waals surface area contributed by atoms with Crippen molar-refractivity contribution in [2.45, 2.75) is 18.9 Å². The Hall–Kier alpha value is -1.52. The molecule has 1 aromatic carbocycles. The summed E-state index contributed by atoms with van der Waals surface area (Å²) in [5.74, 6) is -1.05. The van der Waals surface area contributed by atoms with E-state index in [0.29, 0.717) is 11.1 Å². The molecule has 1 N–H and O–H groups in total. The Morgan fingerprint density at radius 1 is 1.26 bits per heavy atom. The maximum Gasteiger partial charge on any atom is 0.141 e. The zero-order chi connectivity index (χ0) is 14.0. The summed E-state index contributed by atoms with van der Waals surface area (Å²) >= 11 is 5.66. The van der Waals surface area contributed by atoms with Crippen LogP contribution in [-0.4, -0.2) is 10.1 Å². The van der Waals surface area contributed by atoms with Gasteiger partial charge in [0.25, 0.3) is 0 Å². The summed E-state index contributed by atoms with van der Waals surface area (Å²) in [6.45, 7) is 1.48. The van der Waals surface area contributed by atoms with Gasteiger partial charge in [0.15, 0.2) is 0 Å². The van der Waals surface area contributed by atoms with Crippen LogP contribution >= 0.6 is 11.6 Å². The van der Waals surface area contributed by atoms with E-state index in [9.17, 15) is 13.9 Å². The average molecular weight is 284 g/mol. The molecule has 19 heavy (non-hydrogen) atoms. The van der Waals surface area contributed by atoms with E-state index < -0.39 is 17.2 Å². The zero-order valence-corrected chi connectivity index (χ0v) is 11.0. The molecule has 0 saturated carbocycles. The lowest BCUT2D eigenvalue weighted by Gasteiger charge is -2.24. The highest BCUT2D eigenvalue weighted by molar-refractivity contribution is 6.30. The van der Waals surface area contributed by atoms with Crippen LogP contribution in [0.15, 0.2) is 36.7 Å². The van der Waals surface area contributed by atoms with E-state index in [1.165, 1.54) is 31.3 Å². The highest BCUT2D eigenvalue weighted by atomic mass is 35.5. The molecule has 5 heteroatoms.